The Balaban J connectivity index is 2.17. The number of carboxylic acids is 1. The fraction of sp³-hybridized carbons (Fsp3) is 0.333. The van der Waals surface area contributed by atoms with E-state index in [-0.39, 0.29) is 19.6 Å². The van der Waals surface area contributed by atoms with E-state index in [9.17, 15) is 14.7 Å². The van der Waals surface area contributed by atoms with Gasteiger partial charge in [-0.25, -0.2) is 4.79 Å². The van der Waals surface area contributed by atoms with Gasteiger partial charge < -0.3 is 25.1 Å². The summed E-state index contributed by atoms with van der Waals surface area (Å²) in [5.41, 5.74) is 0.849. The fourth-order valence-electron chi connectivity index (χ4n) is 1.20. The van der Waals surface area contributed by atoms with Crippen LogP contribution in [0.1, 0.15) is 12.0 Å². The number of carbonyl (C=O) groups excluding carboxylic acids is 2. The molecule has 1 aromatic rings. The molecule has 0 aliphatic rings. The molecule has 18 heavy (non-hydrogen) atoms. The van der Waals surface area contributed by atoms with Crippen LogP contribution in [0.2, 0.25) is 0 Å². The van der Waals surface area contributed by atoms with Crippen LogP contribution in [0.4, 0.5) is 4.79 Å². The minimum absolute atomic E-state index is 0.00275. The molecule has 1 unspecified atom stereocenters. The van der Waals surface area contributed by atoms with E-state index in [0.29, 0.717) is 0 Å². The highest BCUT2D eigenvalue weighted by molar-refractivity contribution is 5.70. The molecule has 0 bridgehead atoms. The first-order valence-electron chi connectivity index (χ1n) is 5.43. The smallest absolute Gasteiger partial charge is 0.407 e. The molecule has 0 aromatic heterocycles. The highest BCUT2D eigenvalue weighted by atomic mass is 16.5. The lowest BCUT2D eigenvalue weighted by Crippen LogP contribution is -2.38. The van der Waals surface area contributed by atoms with Crippen LogP contribution < -0.4 is 10.4 Å². The zero-order valence-corrected chi connectivity index (χ0v) is 9.67. The van der Waals surface area contributed by atoms with Gasteiger partial charge in [0.2, 0.25) is 0 Å². The summed E-state index contributed by atoms with van der Waals surface area (Å²) in [6.45, 7) is 0.137. The third-order valence-electron chi connectivity index (χ3n) is 2.17. The van der Waals surface area contributed by atoms with Gasteiger partial charge >= 0.3 is 6.09 Å². The Labute approximate surface area is 104 Å². The Bertz CT molecular complexity index is 393. The first kappa shape index (κ1) is 14.0. The van der Waals surface area contributed by atoms with Gasteiger partial charge in [0.25, 0.3) is 0 Å². The van der Waals surface area contributed by atoms with Gasteiger partial charge in [0.15, 0.2) is 0 Å². The SMILES string of the molecule is O=C(NCCC(O)C(=O)[O-])OCc1ccccc1. The van der Waals surface area contributed by atoms with Gasteiger partial charge in [-0.1, -0.05) is 30.3 Å². The first-order valence-corrected chi connectivity index (χ1v) is 5.43. The number of alkyl carbamates (subject to hydrolysis) is 1. The van der Waals surface area contributed by atoms with Crippen LogP contribution in [0.5, 0.6) is 0 Å². The van der Waals surface area contributed by atoms with E-state index >= 15 is 0 Å². The summed E-state index contributed by atoms with van der Waals surface area (Å²) in [6.07, 6.45) is -2.37. The average Bonchev–Trinajstić information content (AvgIpc) is 2.37. The van der Waals surface area contributed by atoms with Crippen molar-refractivity contribution in [1.29, 1.82) is 0 Å². The highest BCUT2D eigenvalue weighted by Crippen LogP contribution is 2.00. The van der Waals surface area contributed by atoms with Crippen LogP contribution in [0.15, 0.2) is 30.3 Å². The lowest BCUT2D eigenvalue weighted by molar-refractivity contribution is -0.315. The van der Waals surface area contributed by atoms with Crippen LogP contribution in [0.3, 0.4) is 0 Å². The van der Waals surface area contributed by atoms with Crippen LogP contribution in [-0.4, -0.2) is 29.8 Å². The second-order valence-electron chi connectivity index (χ2n) is 3.61. The molecule has 0 heterocycles. The maximum atomic E-state index is 11.2. The minimum Gasteiger partial charge on any atom is -0.547 e. The van der Waals surface area contributed by atoms with Gasteiger partial charge in [-0.2, -0.15) is 0 Å². The van der Waals surface area contributed by atoms with Gasteiger partial charge in [-0.15, -0.1) is 0 Å². The fourth-order valence-corrected chi connectivity index (χ4v) is 1.20. The number of aliphatic carboxylic acids is 1. The normalized spacial score (nSPS) is 11.6. The summed E-state index contributed by atoms with van der Waals surface area (Å²) in [4.78, 5) is 21.4. The average molecular weight is 252 g/mol. The summed E-state index contributed by atoms with van der Waals surface area (Å²) >= 11 is 0. The third-order valence-corrected chi connectivity index (χ3v) is 2.17. The van der Waals surface area contributed by atoms with E-state index in [1.165, 1.54) is 0 Å². The standard InChI is InChI=1S/C12H15NO5/c14-10(11(15)16)6-7-13-12(17)18-8-9-4-2-1-3-5-9/h1-5,10,14H,6-8H2,(H,13,17)(H,15,16)/p-1. The van der Waals surface area contributed by atoms with Crippen molar-refractivity contribution in [3.63, 3.8) is 0 Å². The molecule has 6 heteroatoms. The molecule has 0 radical (unpaired) electrons. The van der Waals surface area contributed by atoms with Crippen molar-refractivity contribution in [2.24, 2.45) is 0 Å². The number of ether oxygens (including phenoxy) is 1. The van der Waals surface area contributed by atoms with E-state index in [1.807, 2.05) is 30.3 Å². The second kappa shape index (κ2) is 7.29. The van der Waals surface area contributed by atoms with Gasteiger partial charge in [0.1, 0.15) is 6.61 Å². The maximum Gasteiger partial charge on any atom is 0.407 e. The molecule has 0 aliphatic carbocycles. The number of benzene rings is 1. The lowest BCUT2D eigenvalue weighted by Gasteiger charge is -2.11. The van der Waals surface area contributed by atoms with Crippen molar-refractivity contribution < 1.29 is 24.5 Å². The third kappa shape index (κ3) is 5.31. The van der Waals surface area contributed by atoms with E-state index in [4.69, 9.17) is 9.84 Å². The molecule has 2 N–H and O–H groups in total. The molecule has 1 aromatic carbocycles. The first-order chi connectivity index (χ1) is 8.59. The predicted octanol–water partition coefficient (Wildman–Crippen LogP) is -0.586. The number of aliphatic hydroxyl groups excluding tert-OH is 1. The molecule has 0 aliphatic heterocycles. The van der Waals surface area contributed by atoms with Crippen LogP contribution in [-0.2, 0) is 16.1 Å². The Hall–Kier alpha value is -2.08. The molecule has 98 valence electrons. The summed E-state index contributed by atoms with van der Waals surface area (Å²) in [7, 11) is 0. The minimum atomic E-state index is -1.58. The number of aliphatic hydroxyl groups is 1. The van der Waals surface area contributed by atoms with E-state index < -0.39 is 18.2 Å². The van der Waals surface area contributed by atoms with Crippen molar-refractivity contribution >= 4 is 12.1 Å². The molecule has 0 fully saturated rings. The lowest BCUT2D eigenvalue weighted by atomic mass is 10.2. The van der Waals surface area contributed by atoms with E-state index in [0.717, 1.165) is 5.56 Å². The Morgan fingerprint density at radius 2 is 2.00 bits per heavy atom. The topological polar surface area (TPSA) is 98.7 Å². The van der Waals surface area contributed by atoms with Gasteiger partial charge in [-0.05, 0) is 12.0 Å². The van der Waals surface area contributed by atoms with Crippen molar-refractivity contribution in [1.82, 2.24) is 5.32 Å². The molecule has 0 saturated heterocycles. The van der Waals surface area contributed by atoms with Crippen LogP contribution >= 0.6 is 0 Å². The van der Waals surface area contributed by atoms with Gasteiger partial charge in [-0.3, -0.25) is 0 Å². The molecule has 0 spiro atoms. The highest BCUT2D eigenvalue weighted by Gasteiger charge is 2.06. The molecule has 0 saturated carbocycles. The molecule has 1 amide bonds. The van der Waals surface area contributed by atoms with Crippen LogP contribution in [0, 0.1) is 0 Å². The monoisotopic (exact) mass is 252 g/mol. The summed E-state index contributed by atoms with van der Waals surface area (Å²) in [5, 5.41) is 21.4. The number of carbonyl (C=O) groups is 2. The summed E-state index contributed by atoms with van der Waals surface area (Å²) in [6, 6.07) is 9.13. The Morgan fingerprint density at radius 1 is 1.33 bits per heavy atom. The number of amides is 1. The largest absolute Gasteiger partial charge is 0.547 e. The van der Waals surface area contributed by atoms with Gasteiger partial charge in [0.05, 0.1) is 12.1 Å². The number of carboxylic acid groups (broad SMARTS) is 1. The Kier molecular flexibility index (Phi) is 5.66. The molecule has 6 nitrogen and oxygen atoms in total. The number of hydrogen-bond donors (Lipinski definition) is 2. The van der Waals surface area contributed by atoms with E-state index in [1.54, 1.807) is 0 Å². The number of nitrogens with one attached hydrogen (secondary N) is 1. The second-order valence-corrected chi connectivity index (χ2v) is 3.61. The molecule has 1 atom stereocenters. The van der Waals surface area contributed by atoms with Crippen LogP contribution in [0.25, 0.3) is 0 Å². The van der Waals surface area contributed by atoms with E-state index in [2.05, 4.69) is 5.32 Å². The van der Waals surface area contributed by atoms with Gasteiger partial charge in [0, 0.05) is 6.54 Å². The Morgan fingerprint density at radius 3 is 2.61 bits per heavy atom. The number of rotatable bonds is 6. The van der Waals surface area contributed by atoms with Crippen molar-refractivity contribution in [2.75, 3.05) is 6.54 Å². The predicted molar refractivity (Wildman–Crippen MR) is 60.3 cm³/mol. The zero-order chi connectivity index (χ0) is 13.4. The van der Waals surface area contributed by atoms with Crippen molar-refractivity contribution in [2.45, 2.75) is 19.1 Å². The maximum absolute atomic E-state index is 11.2. The number of hydrogen-bond acceptors (Lipinski definition) is 5. The zero-order valence-electron chi connectivity index (χ0n) is 9.67. The molecular formula is C12H14NO5-. The molecular weight excluding hydrogens is 238 g/mol. The van der Waals surface area contributed by atoms with Crippen molar-refractivity contribution in [3.8, 4) is 0 Å². The summed E-state index contributed by atoms with van der Waals surface area (Å²) in [5.74, 6) is -1.56. The quantitative estimate of drug-likeness (QED) is 0.705. The molecule has 1 rings (SSSR count). The summed E-state index contributed by atoms with van der Waals surface area (Å²) < 4.78 is 4.88. The van der Waals surface area contributed by atoms with Crippen molar-refractivity contribution in [3.05, 3.63) is 35.9 Å².